The lowest BCUT2D eigenvalue weighted by atomic mass is 10.1. The van der Waals surface area contributed by atoms with Crippen molar-refractivity contribution in [2.45, 2.75) is 6.04 Å². The van der Waals surface area contributed by atoms with E-state index in [9.17, 15) is 9.90 Å². The fourth-order valence-electron chi connectivity index (χ4n) is 1.80. The molecule has 7 heteroatoms. The van der Waals surface area contributed by atoms with Gasteiger partial charge < -0.3 is 19.9 Å². The van der Waals surface area contributed by atoms with Gasteiger partial charge in [-0.3, -0.25) is 4.79 Å². The molecule has 1 amide bonds. The minimum absolute atomic E-state index is 0.0799. The van der Waals surface area contributed by atoms with Crippen LogP contribution < -0.4 is 14.8 Å². The summed E-state index contributed by atoms with van der Waals surface area (Å²) in [6.07, 6.45) is 5.11. The van der Waals surface area contributed by atoms with Crippen molar-refractivity contribution in [2.75, 3.05) is 37.9 Å². The molecule has 0 unspecified atom stereocenters. The number of carbonyl (C=O) groups excluding carboxylic acids is 1. The molecule has 1 aromatic carbocycles. The maximum Gasteiger partial charge on any atom is 0.244 e. The van der Waals surface area contributed by atoms with Gasteiger partial charge in [0.05, 0.1) is 26.9 Å². The Balaban J connectivity index is 2.66. The van der Waals surface area contributed by atoms with Gasteiger partial charge in [0, 0.05) is 22.5 Å². The average molecular weight is 357 g/mol. The largest absolute Gasteiger partial charge is 0.497 e. The summed E-state index contributed by atoms with van der Waals surface area (Å²) in [6.45, 7) is -0.0799. The van der Waals surface area contributed by atoms with Crippen LogP contribution in [0.1, 0.15) is 5.56 Å². The van der Waals surface area contributed by atoms with Crippen molar-refractivity contribution in [1.82, 2.24) is 5.32 Å². The van der Waals surface area contributed by atoms with Crippen LogP contribution in [0, 0.1) is 0 Å². The van der Waals surface area contributed by atoms with Gasteiger partial charge in [-0.15, -0.1) is 11.8 Å². The van der Waals surface area contributed by atoms with E-state index in [0.29, 0.717) is 17.3 Å². The van der Waals surface area contributed by atoms with E-state index >= 15 is 0 Å². The molecule has 0 radical (unpaired) electrons. The smallest absolute Gasteiger partial charge is 0.244 e. The standard InChI is InChI=1S/C16H23NO4S2/c1-20-14-5-6-15(21-2)12(8-14)4-7-16(19)17-13(9-18)10-23-11-22-3/h4-8,13,18H,9-11H2,1-3H3,(H,17,19)/b7-4-/t13-/m0/s1. The Morgan fingerprint density at radius 2 is 2.17 bits per heavy atom. The molecule has 0 aliphatic heterocycles. The summed E-state index contributed by atoms with van der Waals surface area (Å²) in [6, 6.07) is 5.12. The van der Waals surface area contributed by atoms with Gasteiger partial charge in [-0.05, 0) is 30.5 Å². The second-order valence-electron chi connectivity index (χ2n) is 4.61. The average Bonchev–Trinajstić information content (AvgIpc) is 2.58. The molecule has 0 saturated carbocycles. The minimum atomic E-state index is -0.253. The van der Waals surface area contributed by atoms with Crippen LogP contribution in [-0.4, -0.2) is 55.0 Å². The third-order valence-electron chi connectivity index (χ3n) is 2.94. The van der Waals surface area contributed by atoms with Crippen LogP contribution in [0.4, 0.5) is 0 Å². The van der Waals surface area contributed by atoms with E-state index < -0.39 is 0 Å². The van der Waals surface area contributed by atoms with Gasteiger partial charge in [0.1, 0.15) is 11.5 Å². The van der Waals surface area contributed by atoms with Crippen LogP contribution in [0.15, 0.2) is 24.3 Å². The Bertz CT molecular complexity index is 523. The Kier molecular flexibility index (Phi) is 9.66. The van der Waals surface area contributed by atoms with Gasteiger partial charge in [0.15, 0.2) is 0 Å². The van der Waals surface area contributed by atoms with Crippen molar-refractivity contribution in [3.63, 3.8) is 0 Å². The second-order valence-corrected chi connectivity index (χ2v) is 6.87. The highest BCUT2D eigenvalue weighted by Crippen LogP contribution is 2.25. The third kappa shape index (κ3) is 7.20. The lowest BCUT2D eigenvalue weighted by Gasteiger charge is -2.14. The normalized spacial score (nSPS) is 12.2. The lowest BCUT2D eigenvalue weighted by Crippen LogP contribution is -2.38. The van der Waals surface area contributed by atoms with Crippen LogP contribution in [-0.2, 0) is 4.79 Å². The summed E-state index contributed by atoms with van der Waals surface area (Å²) >= 11 is 3.40. The van der Waals surface area contributed by atoms with Crippen LogP contribution in [0.25, 0.3) is 6.08 Å². The molecule has 128 valence electrons. The SMILES string of the molecule is COc1ccc(OC)c(/C=C\C(=O)N[C@@H](CO)CSCSC)c1. The number of amides is 1. The topological polar surface area (TPSA) is 67.8 Å². The molecule has 1 rings (SSSR count). The Labute approximate surface area is 145 Å². The molecule has 1 aromatic rings. The van der Waals surface area contributed by atoms with E-state index in [2.05, 4.69) is 5.32 Å². The summed E-state index contributed by atoms with van der Waals surface area (Å²) in [7, 11) is 3.16. The van der Waals surface area contributed by atoms with Crippen molar-refractivity contribution in [1.29, 1.82) is 0 Å². The van der Waals surface area contributed by atoms with Crippen LogP contribution in [0.2, 0.25) is 0 Å². The molecule has 0 fully saturated rings. The van der Waals surface area contributed by atoms with Gasteiger partial charge in [-0.2, -0.15) is 11.8 Å². The fraction of sp³-hybridized carbons (Fsp3) is 0.438. The predicted molar refractivity (Wildman–Crippen MR) is 98.4 cm³/mol. The van der Waals surface area contributed by atoms with Crippen molar-refractivity contribution in [3.05, 3.63) is 29.8 Å². The molecule has 0 saturated heterocycles. The van der Waals surface area contributed by atoms with Gasteiger partial charge in [0.2, 0.25) is 5.91 Å². The molecule has 0 aromatic heterocycles. The van der Waals surface area contributed by atoms with Gasteiger partial charge in [0.25, 0.3) is 0 Å². The maximum absolute atomic E-state index is 12.0. The zero-order valence-corrected chi connectivity index (χ0v) is 15.2. The second kappa shape index (κ2) is 11.3. The van der Waals surface area contributed by atoms with E-state index in [1.165, 1.54) is 6.08 Å². The number of hydrogen-bond acceptors (Lipinski definition) is 6. The van der Waals surface area contributed by atoms with Crippen LogP contribution >= 0.6 is 23.5 Å². The molecule has 0 aliphatic carbocycles. The first kappa shape index (κ1) is 19.7. The zero-order chi connectivity index (χ0) is 17.1. The van der Waals surface area contributed by atoms with E-state index in [1.807, 2.05) is 6.26 Å². The Morgan fingerprint density at radius 3 is 2.78 bits per heavy atom. The first-order valence-corrected chi connectivity index (χ1v) is 9.57. The van der Waals surface area contributed by atoms with Gasteiger partial charge >= 0.3 is 0 Å². The third-order valence-corrected chi connectivity index (χ3v) is 5.19. The minimum Gasteiger partial charge on any atom is -0.497 e. The molecule has 1 atom stereocenters. The van der Waals surface area contributed by atoms with Crippen LogP contribution in [0.5, 0.6) is 11.5 Å². The monoisotopic (exact) mass is 357 g/mol. The zero-order valence-electron chi connectivity index (χ0n) is 13.6. The summed E-state index contributed by atoms with van der Waals surface area (Å²) < 4.78 is 10.4. The first-order valence-electron chi connectivity index (χ1n) is 7.02. The maximum atomic E-state index is 12.0. The highest BCUT2D eigenvalue weighted by Gasteiger charge is 2.10. The molecular formula is C16H23NO4S2. The van der Waals surface area contributed by atoms with E-state index in [0.717, 1.165) is 10.6 Å². The summed E-state index contributed by atoms with van der Waals surface area (Å²) in [5, 5.41) is 13.0. The molecule has 0 aliphatic rings. The predicted octanol–water partition coefficient (Wildman–Crippen LogP) is 2.25. The number of benzene rings is 1. The fourth-order valence-corrected chi connectivity index (χ4v) is 3.32. The summed E-state index contributed by atoms with van der Waals surface area (Å²) in [4.78, 5) is 12.0. The molecule has 0 heterocycles. The van der Waals surface area contributed by atoms with Crippen molar-refractivity contribution in [3.8, 4) is 11.5 Å². The number of ether oxygens (including phenoxy) is 2. The number of methoxy groups -OCH3 is 2. The van der Waals surface area contributed by atoms with Crippen LogP contribution in [0.3, 0.4) is 0 Å². The number of carbonyl (C=O) groups is 1. The molecule has 0 spiro atoms. The highest BCUT2D eigenvalue weighted by atomic mass is 32.2. The number of aliphatic hydroxyl groups is 1. The number of aliphatic hydroxyl groups excluding tert-OH is 1. The molecular weight excluding hydrogens is 334 g/mol. The number of nitrogens with one attached hydrogen (secondary N) is 1. The van der Waals surface area contributed by atoms with E-state index in [1.54, 1.807) is 62.0 Å². The summed E-state index contributed by atoms with van der Waals surface area (Å²) in [5.74, 6) is 1.77. The Hall–Kier alpha value is -1.31. The highest BCUT2D eigenvalue weighted by molar-refractivity contribution is 8.15. The van der Waals surface area contributed by atoms with Crippen molar-refractivity contribution < 1.29 is 19.4 Å². The van der Waals surface area contributed by atoms with Gasteiger partial charge in [-0.25, -0.2) is 0 Å². The quantitative estimate of drug-likeness (QED) is 0.380. The summed E-state index contributed by atoms with van der Waals surface area (Å²) in [5.41, 5.74) is 0.749. The lowest BCUT2D eigenvalue weighted by molar-refractivity contribution is -0.117. The number of rotatable bonds is 10. The molecule has 0 bridgehead atoms. The van der Waals surface area contributed by atoms with E-state index in [4.69, 9.17) is 9.47 Å². The van der Waals surface area contributed by atoms with Crippen molar-refractivity contribution in [2.24, 2.45) is 0 Å². The Morgan fingerprint density at radius 1 is 1.39 bits per heavy atom. The van der Waals surface area contributed by atoms with Gasteiger partial charge in [-0.1, -0.05) is 0 Å². The molecule has 2 N–H and O–H groups in total. The number of hydrogen-bond donors (Lipinski definition) is 2. The number of thioether (sulfide) groups is 2. The van der Waals surface area contributed by atoms with Crippen molar-refractivity contribution >= 4 is 35.5 Å². The van der Waals surface area contributed by atoms with E-state index in [-0.39, 0.29) is 18.6 Å². The molecule has 5 nitrogen and oxygen atoms in total. The molecule has 23 heavy (non-hydrogen) atoms. The first-order chi connectivity index (χ1) is 11.1.